The lowest BCUT2D eigenvalue weighted by Crippen LogP contribution is -2.07. The molecule has 3 aromatic rings. The minimum atomic E-state index is -1.10. The lowest BCUT2D eigenvalue weighted by atomic mass is 10.0. The number of aromatic carboxylic acids is 1. The number of hydrogen-bond acceptors (Lipinski definition) is 4. The van der Waals surface area contributed by atoms with Crippen molar-refractivity contribution in [1.29, 1.82) is 0 Å². The Balaban J connectivity index is 2.18. The van der Waals surface area contributed by atoms with Crippen molar-refractivity contribution >= 4 is 28.5 Å². The van der Waals surface area contributed by atoms with Gasteiger partial charge in [-0.05, 0) is 24.3 Å². The summed E-state index contributed by atoms with van der Waals surface area (Å²) in [4.78, 5) is 34.8. The second-order valence-corrected chi connectivity index (χ2v) is 5.22. The van der Waals surface area contributed by atoms with Crippen LogP contribution in [0.15, 0.2) is 57.7 Å². The molecule has 0 aliphatic rings. The van der Waals surface area contributed by atoms with Crippen LogP contribution in [0, 0.1) is 0 Å². The van der Waals surface area contributed by atoms with Crippen molar-refractivity contribution in [3.05, 3.63) is 64.3 Å². The number of benzene rings is 2. The molecule has 1 aromatic heterocycles. The van der Waals surface area contributed by atoms with Crippen molar-refractivity contribution in [1.82, 2.24) is 0 Å². The maximum absolute atomic E-state index is 12.4. The topological polar surface area (TPSA) is 96.6 Å². The number of carboxylic acids is 1. The van der Waals surface area contributed by atoms with E-state index in [-0.39, 0.29) is 22.7 Å². The van der Waals surface area contributed by atoms with Gasteiger partial charge in [0.15, 0.2) is 5.43 Å². The van der Waals surface area contributed by atoms with Gasteiger partial charge >= 0.3 is 5.97 Å². The zero-order valence-corrected chi connectivity index (χ0v) is 12.7. The monoisotopic (exact) mass is 323 g/mol. The molecule has 0 aliphatic carbocycles. The van der Waals surface area contributed by atoms with Gasteiger partial charge in [-0.15, -0.1) is 0 Å². The van der Waals surface area contributed by atoms with Gasteiger partial charge in [0.25, 0.3) is 0 Å². The number of carboxylic acid groups (broad SMARTS) is 1. The van der Waals surface area contributed by atoms with Crippen LogP contribution in [0.25, 0.3) is 22.3 Å². The molecule has 24 heavy (non-hydrogen) atoms. The highest BCUT2D eigenvalue weighted by molar-refractivity contribution is 5.96. The highest BCUT2D eigenvalue weighted by Gasteiger charge is 2.15. The molecule has 1 heterocycles. The summed E-state index contributed by atoms with van der Waals surface area (Å²) in [6.07, 6.45) is 0. The fourth-order valence-corrected chi connectivity index (χ4v) is 2.45. The number of anilines is 1. The molecule has 0 unspecified atom stereocenters. The van der Waals surface area contributed by atoms with Crippen LogP contribution in [0.5, 0.6) is 0 Å². The highest BCUT2D eigenvalue weighted by Crippen LogP contribution is 2.26. The van der Waals surface area contributed by atoms with E-state index in [0.29, 0.717) is 22.2 Å². The molecule has 0 radical (unpaired) electrons. The third-order valence-electron chi connectivity index (χ3n) is 3.47. The minimum Gasteiger partial charge on any atom is -0.478 e. The van der Waals surface area contributed by atoms with E-state index >= 15 is 0 Å². The predicted molar refractivity (Wildman–Crippen MR) is 89.2 cm³/mol. The number of amides is 1. The Kier molecular flexibility index (Phi) is 3.87. The molecule has 0 fully saturated rings. The quantitative estimate of drug-likeness (QED) is 0.772. The van der Waals surface area contributed by atoms with E-state index in [0.717, 1.165) is 0 Å². The van der Waals surface area contributed by atoms with Crippen molar-refractivity contribution in [2.24, 2.45) is 0 Å². The van der Waals surface area contributed by atoms with Gasteiger partial charge in [0, 0.05) is 24.2 Å². The first-order valence-electron chi connectivity index (χ1n) is 7.14. The lowest BCUT2D eigenvalue weighted by Gasteiger charge is -2.07. The third-order valence-corrected chi connectivity index (χ3v) is 3.47. The van der Waals surface area contributed by atoms with Crippen molar-refractivity contribution in [3.8, 4) is 11.3 Å². The van der Waals surface area contributed by atoms with Crippen molar-refractivity contribution < 1.29 is 19.1 Å². The SMILES string of the molecule is CC(=O)Nc1ccc2oc(-c3ccccc3C(=O)O)cc(=O)c2c1. The number of hydrogen-bond donors (Lipinski definition) is 2. The highest BCUT2D eigenvalue weighted by atomic mass is 16.4. The average Bonchev–Trinajstić information content (AvgIpc) is 2.54. The van der Waals surface area contributed by atoms with Gasteiger partial charge in [0.1, 0.15) is 11.3 Å². The van der Waals surface area contributed by atoms with E-state index in [1.165, 1.54) is 25.1 Å². The van der Waals surface area contributed by atoms with Crippen LogP contribution in [-0.2, 0) is 4.79 Å². The van der Waals surface area contributed by atoms with E-state index < -0.39 is 5.97 Å². The van der Waals surface area contributed by atoms with Gasteiger partial charge in [-0.2, -0.15) is 0 Å². The third kappa shape index (κ3) is 2.89. The zero-order chi connectivity index (χ0) is 17.3. The first-order valence-corrected chi connectivity index (χ1v) is 7.14. The van der Waals surface area contributed by atoms with Crippen LogP contribution in [0.1, 0.15) is 17.3 Å². The maximum Gasteiger partial charge on any atom is 0.336 e. The number of carbonyl (C=O) groups excluding carboxylic acids is 1. The Bertz CT molecular complexity index is 1020. The second-order valence-electron chi connectivity index (χ2n) is 5.22. The van der Waals surface area contributed by atoms with Crippen LogP contribution in [0.2, 0.25) is 0 Å². The molecular formula is C18H13NO5. The Morgan fingerprint density at radius 2 is 1.83 bits per heavy atom. The van der Waals surface area contributed by atoms with Crippen molar-refractivity contribution in [3.63, 3.8) is 0 Å². The first-order chi connectivity index (χ1) is 11.5. The molecule has 6 heteroatoms. The Labute approximate surface area is 136 Å². The summed E-state index contributed by atoms with van der Waals surface area (Å²) in [5.41, 5.74) is 0.858. The molecule has 120 valence electrons. The molecule has 0 saturated heterocycles. The van der Waals surface area contributed by atoms with E-state index in [1.807, 2.05) is 0 Å². The van der Waals surface area contributed by atoms with Gasteiger partial charge < -0.3 is 14.8 Å². The number of nitrogens with one attached hydrogen (secondary N) is 1. The molecule has 0 atom stereocenters. The molecule has 3 rings (SSSR count). The van der Waals surface area contributed by atoms with Gasteiger partial charge in [-0.25, -0.2) is 4.79 Å². The van der Waals surface area contributed by atoms with E-state index in [2.05, 4.69) is 5.32 Å². The van der Waals surface area contributed by atoms with Gasteiger partial charge in [-0.3, -0.25) is 9.59 Å². The smallest absolute Gasteiger partial charge is 0.336 e. The van der Waals surface area contributed by atoms with Crippen molar-refractivity contribution in [2.45, 2.75) is 6.92 Å². The van der Waals surface area contributed by atoms with Crippen LogP contribution in [0.4, 0.5) is 5.69 Å². The summed E-state index contributed by atoms with van der Waals surface area (Å²) in [5, 5.41) is 12.2. The molecule has 2 aromatic carbocycles. The fraction of sp³-hybridized carbons (Fsp3) is 0.0556. The van der Waals surface area contributed by atoms with Gasteiger partial charge in [-0.1, -0.05) is 18.2 Å². The van der Waals surface area contributed by atoms with Crippen LogP contribution in [0.3, 0.4) is 0 Å². The summed E-state index contributed by atoms with van der Waals surface area (Å²) in [5.74, 6) is -1.17. The summed E-state index contributed by atoms with van der Waals surface area (Å²) >= 11 is 0. The Morgan fingerprint density at radius 1 is 1.08 bits per heavy atom. The minimum absolute atomic E-state index is 0.0508. The number of fused-ring (bicyclic) bond motifs is 1. The predicted octanol–water partition coefficient (Wildman–Crippen LogP) is 3.12. The largest absolute Gasteiger partial charge is 0.478 e. The Hall–Kier alpha value is -3.41. The second kappa shape index (κ2) is 6.00. The van der Waals surface area contributed by atoms with E-state index in [1.54, 1.807) is 30.3 Å². The molecule has 1 amide bonds. The zero-order valence-electron chi connectivity index (χ0n) is 12.7. The van der Waals surface area contributed by atoms with Crippen molar-refractivity contribution in [2.75, 3.05) is 5.32 Å². The lowest BCUT2D eigenvalue weighted by molar-refractivity contribution is -0.114. The fourth-order valence-electron chi connectivity index (χ4n) is 2.45. The molecule has 0 saturated carbocycles. The first kappa shape index (κ1) is 15.5. The summed E-state index contributed by atoms with van der Waals surface area (Å²) in [7, 11) is 0. The molecular weight excluding hydrogens is 310 g/mol. The van der Waals surface area contributed by atoms with Crippen LogP contribution < -0.4 is 10.7 Å². The van der Waals surface area contributed by atoms with Crippen LogP contribution in [-0.4, -0.2) is 17.0 Å². The number of carbonyl (C=O) groups is 2. The summed E-state index contributed by atoms with van der Waals surface area (Å²) in [6.45, 7) is 1.37. The van der Waals surface area contributed by atoms with Crippen LogP contribution >= 0.6 is 0 Å². The molecule has 2 N–H and O–H groups in total. The van der Waals surface area contributed by atoms with E-state index in [4.69, 9.17) is 4.42 Å². The summed E-state index contributed by atoms with van der Waals surface area (Å²) in [6, 6.07) is 12.3. The maximum atomic E-state index is 12.4. The Morgan fingerprint density at radius 3 is 2.54 bits per heavy atom. The number of rotatable bonds is 3. The van der Waals surface area contributed by atoms with Gasteiger partial charge in [0.05, 0.1) is 10.9 Å². The van der Waals surface area contributed by atoms with E-state index in [9.17, 15) is 19.5 Å². The molecule has 0 spiro atoms. The van der Waals surface area contributed by atoms with Gasteiger partial charge in [0.2, 0.25) is 5.91 Å². The normalized spacial score (nSPS) is 10.5. The average molecular weight is 323 g/mol. The molecule has 0 aliphatic heterocycles. The summed E-state index contributed by atoms with van der Waals surface area (Å²) < 4.78 is 5.70. The molecule has 6 nitrogen and oxygen atoms in total. The molecule has 0 bridgehead atoms. The standard InChI is InChI=1S/C18H13NO5/c1-10(20)19-11-6-7-16-14(8-11)15(21)9-17(24-16)12-4-2-3-5-13(12)18(22)23/h2-9H,1H3,(H,19,20)(H,22,23).